The number of nitrogens with one attached hydrogen (secondary N) is 1. The van der Waals surface area contributed by atoms with Crippen LogP contribution in [0.3, 0.4) is 0 Å². The minimum Gasteiger partial charge on any atom is -0.345 e. The van der Waals surface area contributed by atoms with Crippen LogP contribution in [0.1, 0.15) is 29.6 Å². The van der Waals surface area contributed by atoms with Gasteiger partial charge in [0.2, 0.25) is 5.91 Å². The summed E-state index contributed by atoms with van der Waals surface area (Å²) in [6.07, 6.45) is 2.35. The lowest BCUT2D eigenvalue weighted by atomic mass is 9.77. The Labute approximate surface area is 135 Å². The fourth-order valence-electron chi connectivity index (χ4n) is 2.05. The highest BCUT2D eigenvalue weighted by Crippen LogP contribution is 2.30. The van der Waals surface area contributed by atoms with Gasteiger partial charge in [-0.1, -0.05) is 11.6 Å². The summed E-state index contributed by atoms with van der Waals surface area (Å²) in [5.41, 5.74) is 6.07. The number of carbonyl (C=O) groups excluding carboxylic acids is 2. The molecule has 1 aromatic carbocycles. The molecule has 1 fully saturated rings. The van der Waals surface area contributed by atoms with Crippen LogP contribution in [0.5, 0.6) is 0 Å². The van der Waals surface area contributed by atoms with Gasteiger partial charge in [-0.05, 0) is 37.5 Å². The van der Waals surface area contributed by atoms with Gasteiger partial charge in [-0.25, -0.2) is 0 Å². The predicted octanol–water partition coefficient (Wildman–Crippen LogP) is 2.28. The van der Waals surface area contributed by atoms with Gasteiger partial charge in [0, 0.05) is 19.8 Å². The van der Waals surface area contributed by atoms with E-state index < -0.39 is 5.54 Å². The predicted molar refractivity (Wildman–Crippen MR) is 86.1 cm³/mol. The number of hydrogen-bond donors (Lipinski definition) is 2. The molecule has 5 nitrogen and oxygen atoms in total. The molecule has 0 bridgehead atoms. The summed E-state index contributed by atoms with van der Waals surface area (Å²) in [6, 6.07) is 4.83. The minimum atomic E-state index is -0.772. The number of rotatable bonds is 3. The van der Waals surface area contributed by atoms with Crippen molar-refractivity contribution in [1.82, 2.24) is 4.90 Å². The van der Waals surface area contributed by atoms with Crippen molar-refractivity contribution >= 4 is 41.5 Å². The first-order chi connectivity index (χ1) is 9.33. The molecule has 0 heterocycles. The maximum atomic E-state index is 12.1. The van der Waals surface area contributed by atoms with E-state index >= 15 is 0 Å². The number of amides is 2. The molecule has 7 heteroatoms. The lowest BCUT2D eigenvalue weighted by Gasteiger charge is -2.36. The standard InChI is InChI=1S/C14H18ClN3O2.ClH/c1-18(2)12(19)10-8-9(4-5-11(10)15)17-13(20)14(16)6-3-7-14;/h4-5,8H,3,6-7,16H2,1-2H3,(H,17,20);1H. The molecule has 0 aliphatic heterocycles. The number of anilines is 1. The lowest BCUT2D eigenvalue weighted by Crippen LogP contribution is -2.56. The van der Waals surface area contributed by atoms with Crippen LogP contribution >= 0.6 is 24.0 Å². The monoisotopic (exact) mass is 331 g/mol. The van der Waals surface area contributed by atoms with Crippen molar-refractivity contribution in [1.29, 1.82) is 0 Å². The van der Waals surface area contributed by atoms with Crippen LogP contribution in [0.4, 0.5) is 5.69 Å². The van der Waals surface area contributed by atoms with Gasteiger partial charge in [0.05, 0.1) is 16.1 Å². The summed E-state index contributed by atoms with van der Waals surface area (Å²) in [6.45, 7) is 0. The third-order valence-corrected chi connectivity index (χ3v) is 3.89. The molecular weight excluding hydrogens is 313 g/mol. The third-order valence-electron chi connectivity index (χ3n) is 3.56. The van der Waals surface area contributed by atoms with E-state index in [2.05, 4.69) is 5.32 Å². The van der Waals surface area contributed by atoms with Crippen molar-refractivity contribution in [2.45, 2.75) is 24.8 Å². The van der Waals surface area contributed by atoms with Gasteiger partial charge in [-0.3, -0.25) is 9.59 Å². The van der Waals surface area contributed by atoms with E-state index in [1.807, 2.05) is 0 Å². The van der Waals surface area contributed by atoms with Crippen molar-refractivity contribution in [2.75, 3.05) is 19.4 Å². The fourth-order valence-corrected chi connectivity index (χ4v) is 2.25. The summed E-state index contributed by atoms with van der Waals surface area (Å²) in [4.78, 5) is 25.5. The zero-order valence-corrected chi connectivity index (χ0v) is 13.6. The van der Waals surface area contributed by atoms with Crippen LogP contribution in [0.25, 0.3) is 0 Å². The van der Waals surface area contributed by atoms with Crippen LogP contribution < -0.4 is 11.1 Å². The Morgan fingerprint density at radius 1 is 1.33 bits per heavy atom. The van der Waals surface area contributed by atoms with Crippen molar-refractivity contribution in [3.63, 3.8) is 0 Å². The first-order valence-corrected chi connectivity index (χ1v) is 6.83. The Hall–Kier alpha value is -1.30. The van der Waals surface area contributed by atoms with E-state index in [9.17, 15) is 9.59 Å². The number of halogens is 2. The minimum absolute atomic E-state index is 0. The van der Waals surface area contributed by atoms with Gasteiger partial charge >= 0.3 is 0 Å². The zero-order chi connectivity index (χ0) is 14.9. The molecule has 21 heavy (non-hydrogen) atoms. The smallest absolute Gasteiger partial charge is 0.254 e. The molecule has 0 aromatic heterocycles. The Balaban J connectivity index is 0.00000220. The van der Waals surface area contributed by atoms with Gasteiger partial charge < -0.3 is 16.0 Å². The fraction of sp³-hybridized carbons (Fsp3) is 0.429. The van der Waals surface area contributed by atoms with Crippen LogP contribution in [-0.2, 0) is 4.79 Å². The zero-order valence-electron chi connectivity index (χ0n) is 12.0. The second kappa shape index (κ2) is 6.64. The molecule has 1 aliphatic carbocycles. The quantitative estimate of drug-likeness (QED) is 0.892. The van der Waals surface area contributed by atoms with Gasteiger partial charge in [-0.2, -0.15) is 0 Å². The Morgan fingerprint density at radius 2 is 1.95 bits per heavy atom. The molecule has 1 saturated carbocycles. The van der Waals surface area contributed by atoms with Gasteiger partial charge in [0.25, 0.3) is 5.91 Å². The molecule has 116 valence electrons. The molecule has 0 atom stereocenters. The SMILES string of the molecule is CN(C)C(=O)c1cc(NC(=O)C2(N)CCC2)ccc1Cl.Cl. The normalized spacial score (nSPS) is 15.4. The van der Waals surface area contributed by atoms with E-state index in [1.54, 1.807) is 32.3 Å². The van der Waals surface area contributed by atoms with Crippen molar-refractivity contribution in [3.8, 4) is 0 Å². The molecule has 1 aromatic rings. The average molecular weight is 332 g/mol. The second-order valence-corrected chi connectivity index (χ2v) is 5.77. The summed E-state index contributed by atoms with van der Waals surface area (Å²) in [7, 11) is 3.29. The van der Waals surface area contributed by atoms with Crippen LogP contribution in [0.15, 0.2) is 18.2 Å². The number of benzene rings is 1. The topological polar surface area (TPSA) is 75.4 Å². The molecule has 0 saturated heterocycles. The first kappa shape index (κ1) is 17.8. The number of hydrogen-bond acceptors (Lipinski definition) is 3. The number of nitrogens with two attached hydrogens (primary N) is 1. The highest BCUT2D eigenvalue weighted by molar-refractivity contribution is 6.34. The second-order valence-electron chi connectivity index (χ2n) is 5.36. The summed E-state index contributed by atoms with van der Waals surface area (Å²) in [5.74, 6) is -0.425. The van der Waals surface area contributed by atoms with E-state index in [0.717, 1.165) is 6.42 Å². The molecule has 2 amide bonds. The maximum Gasteiger partial charge on any atom is 0.254 e. The Kier molecular flexibility index (Phi) is 5.61. The largest absolute Gasteiger partial charge is 0.345 e. The number of nitrogens with zero attached hydrogens (tertiary/aromatic N) is 1. The Morgan fingerprint density at radius 3 is 2.43 bits per heavy atom. The van der Waals surface area contributed by atoms with Gasteiger partial charge in [0.15, 0.2) is 0 Å². The molecule has 1 aliphatic rings. The molecule has 0 unspecified atom stereocenters. The van der Waals surface area contributed by atoms with E-state index in [-0.39, 0.29) is 24.2 Å². The lowest BCUT2D eigenvalue weighted by molar-refractivity contribution is -0.123. The molecule has 3 N–H and O–H groups in total. The number of carbonyl (C=O) groups is 2. The molecule has 0 radical (unpaired) electrons. The summed E-state index contributed by atoms with van der Waals surface area (Å²) in [5, 5.41) is 3.11. The average Bonchev–Trinajstić information content (AvgIpc) is 2.37. The van der Waals surface area contributed by atoms with Crippen molar-refractivity contribution < 1.29 is 9.59 Å². The van der Waals surface area contributed by atoms with E-state index in [4.69, 9.17) is 17.3 Å². The molecular formula is C14H19Cl2N3O2. The Bertz CT molecular complexity index is 557. The van der Waals surface area contributed by atoms with Gasteiger partial charge in [-0.15, -0.1) is 12.4 Å². The molecule has 2 rings (SSSR count). The highest BCUT2D eigenvalue weighted by atomic mass is 35.5. The van der Waals surface area contributed by atoms with Crippen LogP contribution in [-0.4, -0.2) is 36.3 Å². The van der Waals surface area contributed by atoms with E-state index in [0.29, 0.717) is 29.1 Å². The third kappa shape index (κ3) is 3.67. The van der Waals surface area contributed by atoms with Gasteiger partial charge in [0.1, 0.15) is 0 Å². The molecule has 0 spiro atoms. The van der Waals surface area contributed by atoms with Crippen molar-refractivity contribution in [2.24, 2.45) is 5.73 Å². The first-order valence-electron chi connectivity index (χ1n) is 6.45. The van der Waals surface area contributed by atoms with Crippen LogP contribution in [0, 0.1) is 0 Å². The summed E-state index contributed by atoms with van der Waals surface area (Å²) < 4.78 is 0. The summed E-state index contributed by atoms with van der Waals surface area (Å²) >= 11 is 6.02. The van der Waals surface area contributed by atoms with Crippen LogP contribution in [0.2, 0.25) is 5.02 Å². The highest BCUT2D eigenvalue weighted by Gasteiger charge is 2.40. The van der Waals surface area contributed by atoms with E-state index in [1.165, 1.54) is 4.90 Å². The van der Waals surface area contributed by atoms with Crippen molar-refractivity contribution in [3.05, 3.63) is 28.8 Å². The maximum absolute atomic E-state index is 12.1.